The van der Waals surface area contributed by atoms with Crippen molar-refractivity contribution in [3.63, 3.8) is 0 Å². The van der Waals surface area contributed by atoms with Crippen LogP contribution in [0.4, 0.5) is 8.78 Å². The molecule has 3 rings (SSSR count). The summed E-state index contributed by atoms with van der Waals surface area (Å²) in [6, 6.07) is 14.3. The summed E-state index contributed by atoms with van der Waals surface area (Å²) in [5, 5.41) is 3.23. The summed E-state index contributed by atoms with van der Waals surface area (Å²) in [4.78, 5) is 26.8. The van der Waals surface area contributed by atoms with Gasteiger partial charge in [-0.3, -0.25) is 9.59 Å². The zero-order chi connectivity index (χ0) is 17.8. The molecule has 0 atom stereocenters. The minimum absolute atomic E-state index is 0.00596. The zero-order valence-electron chi connectivity index (χ0n) is 13.0. The van der Waals surface area contributed by atoms with E-state index < -0.39 is 18.1 Å². The number of aromatic nitrogens is 1. The Hall–Kier alpha value is -3.22. The van der Waals surface area contributed by atoms with Gasteiger partial charge < -0.3 is 15.0 Å². The van der Waals surface area contributed by atoms with Crippen molar-refractivity contribution in [3.8, 4) is 5.75 Å². The summed E-state index contributed by atoms with van der Waals surface area (Å²) in [6.07, 6.45) is 0. The zero-order valence-corrected chi connectivity index (χ0v) is 13.0. The van der Waals surface area contributed by atoms with E-state index in [4.69, 9.17) is 0 Å². The Balaban J connectivity index is 1.84. The van der Waals surface area contributed by atoms with Crippen molar-refractivity contribution in [1.29, 1.82) is 0 Å². The standard InChI is InChI=1S/C18H14F2N2O3/c19-18(20)25-15-8-4-1-5-11(15)10-21-17(24)13-9-16(23)22-14-7-3-2-6-12(13)14/h1-9,18H,10H2,(H,21,24)(H,22,23). The van der Waals surface area contributed by atoms with Crippen molar-refractivity contribution >= 4 is 16.8 Å². The van der Waals surface area contributed by atoms with Gasteiger partial charge in [0.15, 0.2) is 0 Å². The number of benzene rings is 2. The number of nitrogens with one attached hydrogen (secondary N) is 2. The Morgan fingerprint density at radius 3 is 2.64 bits per heavy atom. The third-order valence-corrected chi connectivity index (χ3v) is 3.62. The largest absolute Gasteiger partial charge is 0.434 e. The average molecular weight is 344 g/mol. The molecule has 1 aromatic heterocycles. The molecule has 0 aliphatic heterocycles. The van der Waals surface area contributed by atoms with Crippen molar-refractivity contribution in [3.05, 3.63) is 76.1 Å². The smallest absolute Gasteiger partial charge is 0.387 e. The third-order valence-electron chi connectivity index (χ3n) is 3.62. The highest BCUT2D eigenvalue weighted by Gasteiger charge is 2.13. The number of aromatic amines is 1. The van der Waals surface area contributed by atoms with Crippen LogP contribution in [-0.2, 0) is 6.54 Å². The van der Waals surface area contributed by atoms with E-state index >= 15 is 0 Å². The Morgan fingerprint density at radius 2 is 1.84 bits per heavy atom. The molecule has 1 amide bonds. The minimum atomic E-state index is -2.95. The number of para-hydroxylation sites is 2. The summed E-state index contributed by atoms with van der Waals surface area (Å²) in [6.45, 7) is -2.96. The molecular weight excluding hydrogens is 330 g/mol. The monoisotopic (exact) mass is 344 g/mol. The Labute approximate surface area is 141 Å². The topological polar surface area (TPSA) is 71.2 Å². The summed E-state index contributed by atoms with van der Waals surface area (Å²) >= 11 is 0. The highest BCUT2D eigenvalue weighted by atomic mass is 19.3. The maximum Gasteiger partial charge on any atom is 0.387 e. The van der Waals surface area contributed by atoms with Gasteiger partial charge in [-0.15, -0.1) is 0 Å². The maximum absolute atomic E-state index is 12.5. The second-order valence-corrected chi connectivity index (χ2v) is 5.26. The minimum Gasteiger partial charge on any atom is -0.434 e. The molecule has 3 aromatic rings. The predicted octanol–water partition coefficient (Wildman–Crippen LogP) is 3.06. The molecule has 2 N–H and O–H groups in total. The summed E-state index contributed by atoms with van der Waals surface area (Å²) in [5.74, 6) is -0.484. The van der Waals surface area contributed by atoms with Crippen LogP contribution in [0.2, 0.25) is 0 Å². The van der Waals surface area contributed by atoms with Crippen LogP contribution in [0.15, 0.2) is 59.4 Å². The van der Waals surface area contributed by atoms with Crippen LogP contribution >= 0.6 is 0 Å². The van der Waals surface area contributed by atoms with Crippen molar-refractivity contribution in [2.45, 2.75) is 13.2 Å². The lowest BCUT2D eigenvalue weighted by molar-refractivity contribution is -0.0504. The second kappa shape index (κ2) is 7.12. The molecule has 128 valence electrons. The van der Waals surface area contributed by atoms with Crippen molar-refractivity contribution < 1.29 is 18.3 Å². The fraction of sp³-hybridized carbons (Fsp3) is 0.111. The molecule has 0 fully saturated rings. The quantitative estimate of drug-likeness (QED) is 0.747. The van der Waals surface area contributed by atoms with Crippen LogP contribution in [0, 0.1) is 0 Å². The number of hydrogen-bond acceptors (Lipinski definition) is 3. The van der Waals surface area contributed by atoms with Gasteiger partial charge in [0.2, 0.25) is 5.56 Å². The molecule has 0 spiro atoms. The fourth-order valence-corrected chi connectivity index (χ4v) is 2.52. The summed E-state index contributed by atoms with van der Waals surface area (Å²) in [5.41, 5.74) is 0.767. The van der Waals surface area contributed by atoms with Crippen LogP contribution in [0.1, 0.15) is 15.9 Å². The normalized spacial score (nSPS) is 10.8. The van der Waals surface area contributed by atoms with Crippen LogP contribution in [-0.4, -0.2) is 17.5 Å². The van der Waals surface area contributed by atoms with Crippen LogP contribution in [0.25, 0.3) is 10.9 Å². The molecule has 0 aliphatic carbocycles. The van der Waals surface area contributed by atoms with Gasteiger partial charge in [0.25, 0.3) is 5.91 Å². The lowest BCUT2D eigenvalue weighted by Crippen LogP contribution is -2.25. The molecule has 2 aromatic carbocycles. The Morgan fingerprint density at radius 1 is 1.12 bits per heavy atom. The van der Waals surface area contributed by atoms with E-state index in [1.807, 2.05) is 0 Å². The molecule has 7 heteroatoms. The first-order valence-corrected chi connectivity index (χ1v) is 7.47. The lowest BCUT2D eigenvalue weighted by Gasteiger charge is -2.12. The highest BCUT2D eigenvalue weighted by molar-refractivity contribution is 6.05. The molecule has 25 heavy (non-hydrogen) atoms. The molecule has 0 radical (unpaired) electrons. The summed E-state index contributed by atoms with van der Waals surface area (Å²) < 4.78 is 29.3. The predicted molar refractivity (Wildman–Crippen MR) is 88.8 cm³/mol. The van der Waals surface area contributed by atoms with Gasteiger partial charge in [0.05, 0.1) is 5.56 Å². The first-order chi connectivity index (χ1) is 12.0. The van der Waals surface area contributed by atoms with Gasteiger partial charge in [0.1, 0.15) is 5.75 Å². The number of halogens is 2. The number of alkyl halides is 2. The molecule has 1 heterocycles. The number of carbonyl (C=O) groups excluding carboxylic acids is 1. The third kappa shape index (κ3) is 3.82. The van der Waals surface area contributed by atoms with Crippen LogP contribution in [0.3, 0.4) is 0 Å². The maximum atomic E-state index is 12.5. The van der Waals surface area contributed by atoms with Crippen molar-refractivity contribution in [2.75, 3.05) is 0 Å². The Kier molecular flexibility index (Phi) is 4.74. The van der Waals surface area contributed by atoms with Gasteiger partial charge in [-0.1, -0.05) is 36.4 Å². The molecule has 5 nitrogen and oxygen atoms in total. The number of ether oxygens (including phenoxy) is 1. The number of pyridine rings is 1. The number of rotatable bonds is 5. The van der Waals surface area contributed by atoms with E-state index in [0.717, 1.165) is 0 Å². The van der Waals surface area contributed by atoms with E-state index in [-0.39, 0.29) is 17.9 Å². The van der Waals surface area contributed by atoms with Gasteiger partial charge >= 0.3 is 6.61 Å². The van der Waals surface area contributed by atoms with Crippen molar-refractivity contribution in [1.82, 2.24) is 10.3 Å². The fourth-order valence-electron chi connectivity index (χ4n) is 2.52. The summed E-state index contributed by atoms with van der Waals surface area (Å²) in [7, 11) is 0. The number of H-pyrrole nitrogens is 1. The SMILES string of the molecule is O=C(NCc1ccccc1OC(F)F)c1cc(=O)[nH]c2ccccc12. The first kappa shape index (κ1) is 16.6. The molecule has 0 saturated carbocycles. The van der Waals surface area contributed by atoms with Gasteiger partial charge in [-0.25, -0.2) is 0 Å². The molecule has 0 bridgehead atoms. The van der Waals surface area contributed by atoms with Crippen LogP contribution < -0.4 is 15.6 Å². The van der Waals surface area contributed by atoms with E-state index in [9.17, 15) is 18.4 Å². The molecular formula is C18H14F2N2O3. The van der Waals surface area contributed by atoms with E-state index in [0.29, 0.717) is 16.5 Å². The molecule has 0 aliphatic rings. The van der Waals surface area contributed by atoms with E-state index in [2.05, 4.69) is 15.0 Å². The highest BCUT2D eigenvalue weighted by Crippen LogP contribution is 2.20. The number of carbonyl (C=O) groups is 1. The van der Waals surface area contributed by atoms with Gasteiger partial charge in [0, 0.05) is 29.1 Å². The van der Waals surface area contributed by atoms with Gasteiger partial charge in [-0.05, 0) is 12.1 Å². The average Bonchev–Trinajstić information content (AvgIpc) is 2.59. The van der Waals surface area contributed by atoms with E-state index in [1.165, 1.54) is 12.1 Å². The Bertz CT molecular complexity index is 970. The van der Waals surface area contributed by atoms with Crippen LogP contribution in [0.5, 0.6) is 5.75 Å². The second-order valence-electron chi connectivity index (χ2n) is 5.26. The number of hydrogen-bond donors (Lipinski definition) is 2. The number of amides is 1. The molecule has 0 unspecified atom stereocenters. The molecule has 0 saturated heterocycles. The first-order valence-electron chi connectivity index (χ1n) is 7.47. The van der Waals surface area contributed by atoms with Crippen molar-refractivity contribution in [2.24, 2.45) is 0 Å². The van der Waals surface area contributed by atoms with Gasteiger partial charge in [-0.2, -0.15) is 8.78 Å². The van der Waals surface area contributed by atoms with E-state index in [1.54, 1.807) is 42.5 Å². The lowest BCUT2D eigenvalue weighted by atomic mass is 10.1. The number of fused-ring (bicyclic) bond motifs is 1.